The molecule has 1 amide bonds. The summed E-state index contributed by atoms with van der Waals surface area (Å²) < 4.78 is 30.2. The molecule has 1 saturated carbocycles. The normalized spacial score (nSPS) is 22.4. The summed E-state index contributed by atoms with van der Waals surface area (Å²) in [5, 5.41) is 19.9. The molecule has 1 aromatic carbocycles. The predicted molar refractivity (Wildman–Crippen MR) is 118 cm³/mol. The molecule has 170 valence electrons. The quantitative estimate of drug-likeness (QED) is 0.420. The number of carbonyl (C=O) groups is 1. The highest BCUT2D eigenvalue weighted by Crippen LogP contribution is 2.43. The fourth-order valence-corrected chi connectivity index (χ4v) is 4.62. The first-order valence-corrected chi connectivity index (χ1v) is 10.9. The number of carbonyl (C=O) groups excluding carboxylic acids is 1. The summed E-state index contributed by atoms with van der Waals surface area (Å²) in [6, 6.07) is 0. The van der Waals surface area contributed by atoms with Crippen molar-refractivity contribution < 1.29 is 18.7 Å². The van der Waals surface area contributed by atoms with Crippen LogP contribution in [0.4, 0.5) is 20.3 Å². The largest absolute Gasteiger partial charge is 0.391 e. The molecular formula is C21H18ClF2N7O2. The summed E-state index contributed by atoms with van der Waals surface area (Å²) >= 11 is 6.50. The maximum Gasteiger partial charge on any atom is 0.231 e. The summed E-state index contributed by atoms with van der Waals surface area (Å²) in [6.45, 7) is 0.804. The second-order valence-corrected chi connectivity index (χ2v) is 8.79. The Labute approximate surface area is 190 Å². The number of H-pyrrole nitrogens is 1. The van der Waals surface area contributed by atoms with Crippen LogP contribution in [0.25, 0.3) is 27.8 Å². The SMILES string of the molecule is O=C(Nc1cn2cc(-c3c(Cl)c(F)c(N4CC[C@H](O)C4)c4[nH]ncc34)ncc2n1)C1CC1F. The smallest absolute Gasteiger partial charge is 0.231 e. The number of amides is 1. The van der Waals surface area contributed by atoms with Gasteiger partial charge in [-0.05, 0) is 12.8 Å². The minimum Gasteiger partial charge on any atom is -0.391 e. The number of fused-ring (bicyclic) bond motifs is 2. The first-order valence-electron chi connectivity index (χ1n) is 10.5. The summed E-state index contributed by atoms with van der Waals surface area (Å²) in [5.74, 6) is -1.39. The van der Waals surface area contributed by atoms with E-state index in [0.29, 0.717) is 47.3 Å². The minimum absolute atomic E-state index is 0.108. The molecule has 4 aromatic rings. The van der Waals surface area contributed by atoms with E-state index in [4.69, 9.17) is 11.6 Å². The highest BCUT2D eigenvalue weighted by molar-refractivity contribution is 6.36. The van der Waals surface area contributed by atoms with Crippen LogP contribution in [0.3, 0.4) is 0 Å². The Morgan fingerprint density at radius 1 is 1.33 bits per heavy atom. The van der Waals surface area contributed by atoms with Crippen LogP contribution in [0.1, 0.15) is 12.8 Å². The zero-order chi connectivity index (χ0) is 22.9. The molecule has 2 unspecified atom stereocenters. The van der Waals surface area contributed by atoms with Crippen LogP contribution in [0.15, 0.2) is 24.8 Å². The van der Waals surface area contributed by atoms with Crippen LogP contribution in [0.2, 0.25) is 5.02 Å². The first kappa shape index (κ1) is 20.3. The van der Waals surface area contributed by atoms with E-state index >= 15 is 4.39 Å². The number of nitrogens with zero attached hydrogens (tertiary/aromatic N) is 5. The lowest BCUT2D eigenvalue weighted by molar-refractivity contribution is -0.117. The molecule has 2 fully saturated rings. The third-order valence-electron chi connectivity index (χ3n) is 6.14. The van der Waals surface area contributed by atoms with E-state index in [2.05, 4.69) is 25.5 Å². The first-order chi connectivity index (χ1) is 15.9. The van der Waals surface area contributed by atoms with Crippen LogP contribution in [-0.4, -0.2) is 60.9 Å². The number of aliphatic hydroxyl groups is 1. The molecule has 3 atom stereocenters. The lowest BCUT2D eigenvalue weighted by Gasteiger charge is -2.21. The number of benzene rings is 1. The van der Waals surface area contributed by atoms with Crippen molar-refractivity contribution in [3.8, 4) is 11.3 Å². The van der Waals surface area contributed by atoms with Gasteiger partial charge in [-0.2, -0.15) is 5.10 Å². The predicted octanol–water partition coefficient (Wildman–Crippen LogP) is 2.93. The van der Waals surface area contributed by atoms with Crippen molar-refractivity contribution in [3.63, 3.8) is 0 Å². The number of anilines is 2. The second-order valence-electron chi connectivity index (χ2n) is 8.41. The molecule has 4 heterocycles. The Kier molecular flexibility index (Phi) is 4.53. The minimum atomic E-state index is -1.10. The van der Waals surface area contributed by atoms with Crippen molar-refractivity contribution >= 4 is 45.6 Å². The number of β-amino-alcohol motifs (C(OH)–C–C–N with tert-alkyl or cyclic N) is 1. The molecule has 1 aliphatic heterocycles. The Bertz CT molecular complexity index is 1420. The van der Waals surface area contributed by atoms with E-state index in [-0.39, 0.29) is 22.9 Å². The Morgan fingerprint density at radius 3 is 2.88 bits per heavy atom. The maximum absolute atomic E-state index is 15.5. The lowest BCUT2D eigenvalue weighted by atomic mass is 10.0. The van der Waals surface area contributed by atoms with Gasteiger partial charge in [-0.3, -0.25) is 14.9 Å². The number of hydrogen-bond donors (Lipinski definition) is 3. The van der Waals surface area contributed by atoms with Crippen LogP contribution < -0.4 is 10.2 Å². The molecule has 33 heavy (non-hydrogen) atoms. The van der Waals surface area contributed by atoms with Crippen LogP contribution in [-0.2, 0) is 4.79 Å². The summed E-state index contributed by atoms with van der Waals surface area (Å²) in [6.07, 6.45) is 5.37. The van der Waals surface area contributed by atoms with Gasteiger partial charge in [0.1, 0.15) is 11.9 Å². The number of aliphatic hydroxyl groups excluding tert-OH is 1. The molecule has 0 radical (unpaired) electrons. The number of alkyl halides is 1. The van der Waals surface area contributed by atoms with Gasteiger partial charge in [-0.1, -0.05) is 11.6 Å². The van der Waals surface area contributed by atoms with Gasteiger partial charge < -0.3 is 19.7 Å². The highest BCUT2D eigenvalue weighted by Gasteiger charge is 2.43. The monoisotopic (exact) mass is 473 g/mol. The number of hydrogen-bond acceptors (Lipinski definition) is 6. The van der Waals surface area contributed by atoms with E-state index in [1.54, 1.807) is 27.9 Å². The molecule has 12 heteroatoms. The third-order valence-corrected chi connectivity index (χ3v) is 6.50. The van der Waals surface area contributed by atoms with Gasteiger partial charge in [0, 0.05) is 30.2 Å². The van der Waals surface area contributed by atoms with Crippen LogP contribution in [0, 0.1) is 11.7 Å². The number of nitrogens with one attached hydrogen (secondary N) is 2. The highest BCUT2D eigenvalue weighted by atomic mass is 35.5. The second kappa shape index (κ2) is 7.35. The number of rotatable bonds is 4. The summed E-state index contributed by atoms with van der Waals surface area (Å²) in [5.41, 5.74) is 1.93. The van der Waals surface area contributed by atoms with Gasteiger partial charge in [0.05, 0.1) is 46.8 Å². The van der Waals surface area contributed by atoms with Crippen molar-refractivity contribution in [1.29, 1.82) is 0 Å². The molecule has 0 bridgehead atoms. The van der Waals surface area contributed by atoms with Crippen molar-refractivity contribution in [2.75, 3.05) is 23.3 Å². The summed E-state index contributed by atoms with van der Waals surface area (Å²) in [4.78, 5) is 22.4. The number of aromatic amines is 1. The Hall–Kier alpha value is -3.31. The van der Waals surface area contributed by atoms with Crippen molar-refractivity contribution in [2.24, 2.45) is 5.92 Å². The summed E-state index contributed by atoms with van der Waals surface area (Å²) in [7, 11) is 0. The van der Waals surface area contributed by atoms with Crippen molar-refractivity contribution in [3.05, 3.63) is 35.6 Å². The molecule has 0 spiro atoms. The fourth-order valence-electron chi connectivity index (χ4n) is 4.33. The molecule has 1 aliphatic carbocycles. The molecule has 3 aromatic heterocycles. The average molecular weight is 474 g/mol. The number of halogens is 3. The zero-order valence-electron chi connectivity index (χ0n) is 17.1. The number of aromatic nitrogens is 5. The molecule has 9 nitrogen and oxygen atoms in total. The molecular weight excluding hydrogens is 456 g/mol. The van der Waals surface area contributed by atoms with Gasteiger partial charge in [0.25, 0.3) is 0 Å². The van der Waals surface area contributed by atoms with Gasteiger partial charge in [0.2, 0.25) is 5.91 Å². The molecule has 1 saturated heterocycles. The Balaban J connectivity index is 1.41. The lowest BCUT2D eigenvalue weighted by Crippen LogP contribution is -2.23. The zero-order valence-corrected chi connectivity index (χ0v) is 17.9. The van der Waals surface area contributed by atoms with Crippen LogP contribution in [0.5, 0.6) is 0 Å². The van der Waals surface area contributed by atoms with Gasteiger partial charge in [-0.15, -0.1) is 0 Å². The van der Waals surface area contributed by atoms with Crippen molar-refractivity contribution in [1.82, 2.24) is 24.6 Å². The van der Waals surface area contributed by atoms with E-state index in [0.717, 1.165) is 0 Å². The fraction of sp³-hybridized carbons (Fsp3) is 0.333. The number of imidazole rings is 1. The van der Waals surface area contributed by atoms with Crippen LogP contribution >= 0.6 is 11.6 Å². The maximum atomic E-state index is 15.5. The van der Waals surface area contributed by atoms with Gasteiger partial charge >= 0.3 is 0 Å². The van der Waals surface area contributed by atoms with Gasteiger partial charge in [-0.25, -0.2) is 13.8 Å². The standard InChI is InChI=1S/C21H18ClF2N7O2/c22-17-16(11-4-26-29-19(11)20(18(17)24)30-2-1-9(32)6-30)13-7-31-8-14(27-15(31)5-25-13)28-21(33)10-3-12(10)23/h4-5,7-10,12,32H,1-3,6H2,(H,26,29)(H,28,33)/t9-,10?,12?/m0/s1. The Morgan fingerprint density at radius 2 is 2.15 bits per heavy atom. The molecule has 6 rings (SSSR count). The average Bonchev–Trinajstić information content (AvgIpc) is 3.16. The van der Waals surface area contributed by atoms with Gasteiger partial charge in [0.15, 0.2) is 17.3 Å². The van der Waals surface area contributed by atoms with E-state index < -0.39 is 29.9 Å². The molecule has 2 aliphatic rings. The third kappa shape index (κ3) is 3.30. The van der Waals surface area contributed by atoms with E-state index in [9.17, 15) is 14.3 Å². The topological polar surface area (TPSA) is 111 Å². The van der Waals surface area contributed by atoms with E-state index in [1.165, 1.54) is 6.20 Å². The van der Waals surface area contributed by atoms with Crippen molar-refractivity contribution in [2.45, 2.75) is 25.1 Å². The molecule has 3 N–H and O–H groups in total. The van der Waals surface area contributed by atoms with E-state index in [1.807, 2.05) is 0 Å².